The number of H-pyrrole nitrogens is 1. The number of aromatic amines is 1. The first kappa shape index (κ1) is 11.0. The molecule has 16 heavy (non-hydrogen) atoms. The van der Waals surface area contributed by atoms with Crippen molar-refractivity contribution in [3.05, 3.63) is 18.3 Å². The zero-order chi connectivity index (χ0) is 11.8. The minimum atomic E-state index is 0.549. The van der Waals surface area contributed by atoms with Crippen LogP contribution in [0.15, 0.2) is 12.7 Å². The van der Waals surface area contributed by atoms with Crippen molar-refractivity contribution >= 4 is 11.2 Å². The Bertz CT molecular complexity index is 486. The molecule has 0 aliphatic rings. The van der Waals surface area contributed by atoms with E-state index in [0.717, 1.165) is 27.9 Å². The van der Waals surface area contributed by atoms with Crippen molar-refractivity contribution in [2.45, 2.75) is 26.4 Å². The number of nitrogens with one attached hydrogen (secondary N) is 1. The van der Waals surface area contributed by atoms with Crippen molar-refractivity contribution in [1.29, 1.82) is 0 Å². The van der Waals surface area contributed by atoms with Crippen molar-refractivity contribution in [3.8, 4) is 0 Å². The molecule has 0 aliphatic heterocycles. The van der Waals surface area contributed by atoms with E-state index < -0.39 is 0 Å². The van der Waals surface area contributed by atoms with Gasteiger partial charge < -0.3 is 9.47 Å². The first-order chi connectivity index (χ1) is 7.50. The number of hydrogen-bond donors (Lipinski definition) is 1. The van der Waals surface area contributed by atoms with Crippen LogP contribution in [0.5, 0.6) is 0 Å². The van der Waals surface area contributed by atoms with E-state index in [0.29, 0.717) is 6.04 Å². The lowest BCUT2D eigenvalue weighted by Gasteiger charge is -2.33. The second kappa shape index (κ2) is 3.83. The molecule has 2 heterocycles. The minimum absolute atomic E-state index is 0.549. The molecule has 1 N–H and O–H groups in total. The van der Waals surface area contributed by atoms with E-state index in [2.05, 4.69) is 47.9 Å². The van der Waals surface area contributed by atoms with Gasteiger partial charge in [0.15, 0.2) is 5.65 Å². The summed E-state index contributed by atoms with van der Waals surface area (Å²) in [7, 11) is 4.41. The van der Waals surface area contributed by atoms with Gasteiger partial charge in [0, 0.05) is 0 Å². The van der Waals surface area contributed by atoms with Gasteiger partial charge in [-0.3, -0.25) is 0 Å². The van der Waals surface area contributed by atoms with Crippen molar-refractivity contribution in [1.82, 2.24) is 19.9 Å². The van der Waals surface area contributed by atoms with E-state index in [4.69, 9.17) is 0 Å². The minimum Gasteiger partial charge on any atom is -0.342 e. The van der Waals surface area contributed by atoms with Crippen LogP contribution >= 0.6 is 0 Å². The summed E-state index contributed by atoms with van der Waals surface area (Å²) < 4.78 is 0.894. The number of imidazole rings is 1. The van der Waals surface area contributed by atoms with Gasteiger partial charge in [-0.15, -0.1) is 0 Å². The first-order valence-electron chi connectivity index (χ1n) is 5.46. The SMILES string of the molecule is CC(C)[N+](C)(C)Cc1ncnc2nc[nH]c12. The molecule has 2 rings (SSSR count). The molecular formula is C11H18N5+. The molecular weight excluding hydrogens is 202 g/mol. The Kier molecular flexibility index (Phi) is 2.63. The quantitative estimate of drug-likeness (QED) is 0.794. The Morgan fingerprint density at radius 3 is 2.69 bits per heavy atom. The van der Waals surface area contributed by atoms with Crippen LogP contribution in [0, 0.1) is 0 Å². The Hall–Kier alpha value is -1.49. The standard InChI is InChI=1S/C11H18N5/c1-8(2)16(3,4)5-9-10-11(14-6-12-9)15-7-13-10/h6-8H,5H2,1-4H3,(H,12,13,14,15)/q+1. The fourth-order valence-corrected chi connectivity index (χ4v) is 1.50. The highest BCUT2D eigenvalue weighted by Gasteiger charge is 2.22. The molecule has 0 atom stereocenters. The van der Waals surface area contributed by atoms with Gasteiger partial charge >= 0.3 is 0 Å². The molecule has 0 radical (unpaired) electrons. The number of aromatic nitrogens is 4. The van der Waals surface area contributed by atoms with Crippen LogP contribution in [0.1, 0.15) is 19.5 Å². The predicted octanol–water partition coefficient (Wildman–Crippen LogP) is 1.34. The van der Waals surface area contributed by atoms with E-state index in [-0.39, 0.29) is 0 Å². The van der Waals surface area contributed by atoms with Gasteiger partial charge in [0.25, 0.3) is 0 Å². The largest absolute Gasteiger partial charge is 0.342 e. The molecule has 0 saturated carbocycles. The van der Waals surface area contributed by atoms with Gasteiger partial charge in [0.2, 0.25) is 0 Å². The van der Waals surface area contributed by atoms with E-state index in [1.165, 1.54) is 0 Å². The monoisotopic (exact) mass is 220 g/mol. The van der Waals surface area contributed by atoms with E-state index in [1.54, 1.807) is 12.7 Å². The van der Waals surface area contributed by atoms with Gasteiger partial charge in [-0.1, -0.05) is 0 Å². The molecule has 0 bridgehead atoms. The molecule has 0 spiro atoms. The van der Waals surface area contributed by atoms with Crippen LogP contribution < -0.4 is 0 Å². The number of rotatable bonds is 3. The maximum absolute atomic E-state index is 4.35. The van der Waals surface area contributed by atoms with Crippen LogP contribution in [0.3, 0.4) is 0 Å². The molecule has 0 aliphatic carbocycles. The summed E-state index contributed by atoms with van der Waals surface area (Å²) in [5.41, 5.74) is 2.73. The topological polar surface area (TPSA) is 54.5 Å². The predicted molar refractivity (Wildman–Crippen MR) is 62.6 cm³/mol. The third-order valence-electron chi connectivity index (χ3n) is 3.26. The third-order valence-corrected chi connectivity index (χ3v) is 3.26. The Morgan fingerprint density at radius 1 is 1.25 bits per heavy atom. The van der Waals surface area contributed by atoms with Crippen LogP contribution in [0.25, 0.3) is 11.2 Å². The summed E-state index contributed by atoms with van der Waals surface area (Å²) in [6.07, 6.45) is 3.25. The fourth-order valence-electron chi connectivity index (χ4n) is 1.50. The van der Waals surface area contributed by atoms with Gasteiger partial charge in [0.1, 0.15) is 24.1 Å². The van der Waals surface area contributed by atoms with Crippen LogP contribution in [-0.4, -0.2) is 44.6 Å². The zero-order valence-electron chi connectivity index (χ0n) is 10.2. The average Bonchev–Trinajstić information content (AvgIpc) is 2.65. The molecule has 0 unspecified atom stereocenters. The number of fused-ring (bicyclic) bond motifs is 1. The molecule has 5 nitrogen and oxygen atoms in total. The summed E-state index contributed by atoms with van der Waals surface area (Å²) in [6, 6.07) is 0.549. The van der Waals surface area contributed by atoms with Crippen molar-refractivity contribution < 1.29 is 4.48 Å². The molecule has 0 fully saturated rings. The highest BCUT2D eigenvalue weighted by Crippen LogP contribution is 2.16. The van der Waals surface area contributed by atoms with E-state index >= 15 is 0 Å². The van der Waals surface area contributed by atoms with E-state index in [1.807, 2.05) is 0 Å². The van der Waals surface area contributed by atoms with Crippen molar-refractivity contribution in [2.24, 2.45) is 0 Å². The van der Waals surface area contributed by atoms with Crippen molar-refractivity contribution in [2.75, 3.05) is 14.1 Å². The second-order valence-corrected chi connectivity index (χ2v) is 4.95. The van der Waals surface area contributed by atoms with Crippen molar-refractivity contribution in [3.63, 3.8) is 0 Å². The molecule has 2 aromatic heterocycles. The molecule has 86 valence electrons. The van der Waals surface area contributed by atoms with Gasteiger partial charge in [0.05, 0.1) is 26.5 Å². The van der Waals surface area contributed by atoms with Gasteiger partial charge in [-0.05, 0) is 13.8 Å². The summed E-state index contributed by atoms with van der Waals surface area (Å²) in [5.74, 6) is 0. The number of nitrogens with zero attached hydrogens (tertiary/aromatic N) is 4. The molecule has 0 amide bonds. The van der Waals surface area contributed by atoms with E-state index in [9.17, 15) is 0 Å². The van der Waals surface area contributed by atoms with Gasteiger partial charge in [-0.2, -0.15) is 0 Å². The molecule has 0 saturated heterocycles. The Balaban J connectivity index is 2.37. The summed E-state index contributed by atoms with van der Waals surface area (Å²) >= 11 is 0. The summed E-state index contributed by atoms with van der Waals surface area (Å²) in [5, 5.41) is 0. The number of quaternary nitrogens is 1. The first-order valence-corrected chi connectivity index (χ1v) is 5.46. The van der Waals surface area contributed by atoms with Gasteiger partial charge in [-0.25, -0.2) is 15.0 Å². The Labute approximate surface area is 95.1 Å². The fraction of sp³-hybridized carbons (Fsp3) is 0.545. The summed E-state index contributed by atoms with van der Waals surface area (Å²) in [4.78, 5) is 15.7. The number of hydrogen-bond acceptors (Lipinski definition) is 3. The lowest BCUT2D eigenvalue weighted by molar-refractivity contribution is -0.924. The highest BCUT2D eigenvalue weighted by molar-refractivity contribution is 5.71. The maximum Gasteiger partial charge on any atom is 0.181 e. The lowest BCUT2D eigenvalue weighted by atomic mass is 10.2. The third kappa shape index (κ3) is 1.90. The normalized spacial score (nSPS) is 12.6. The van der Waals surface area contributed by atoms with Crippen LogP contribution in [0.2, 0.25) is 0 Å². The smallest absolute Gasteiger partial charge is 0.181 e. The molecule has 5 heteroatoms. The highest BCUT2D eigenvalue weighted by atomic mass is 15.3. The van der Waals surface area contributed by atoms with Crippen LogP contribution in [0.4, 0.5) is 0 Å². The zero-order valence-corrected chi connectivity index (χ0v) is 10.2. The Morgan fingerprint density at radius 2 is 2.00 bits per heavy atom. The molecule has 2 aromatic rings. The van der Waals surface area contributed by atoms with Crippen LogP contribution in [-0.2, 0) is 6.54 Å². The average molecular weight is 220 g/mol. The second-order valence-electron chi connectivity index (χ2n) is 4.95. The lowest BCUT2D eigenvalue weighted by Crippen LogP contribution is -2.45. The summed E-state index contributed by atoms with van der Waals surface area (Å²) in [6.45, 7) is 5.30. The molecule has 0 aromatic carbocycles. The maximum atomic E-state index is 4.35.